The van der Waals surface area contributed by atoms with Gasteiger partial charge in [0, 0.05) is 6.54 Å². The Bertz CT molecular complexity index is 119. The second kappa shape index (κ2) is 1.48. The molecular formula is C7H12FN. The summed E-state index contributed by atoms with van der Waals surface area (Å²) in [5.41, 5.74) is 0.0278. The predicted molar refractivity (Wildman–Crippen MR) is 34.1 cm³/mol. The van der Waals surface area contributed by atoms with Gasteiger partial charge in [0.25, 0.3) is 0 Å². The van der Waals surface area contributed by atoms with E-state index in [0.717, 1.165) is 25.8 Å². The molecule has 0 aromatic carbocycles. The van der Waals surface area contributed by atoms with Crippen molar-refractivity contribution in [1.82, 2.24) is 4.90 Å². The quantitative estimate of drug-likeness (QED) is 0.475. The van der Waals surface area contributed by atoms with Crippen LogP contribution in [0.15, 0.2) is 0 Å². The molecule has 1 atom stereocenters. The molecule has 0 amide bonds. The second-order valence-electron chi connectivity index (χ2n) is 3.28. The first-order valence-corrected chi connectivity index (χ1v) is 3.61. The molecule has 1 nitrogen and oxygen atoms in total. The van der Waals surface area contributed by atoms with E-state index in [0.29, 0.717) is 0 Å². The third-order valence-electron chi connectivity index (χ3n) is 2.82. The largest absolute Gasteiger partial charge is 0.298 e. The van der Waals surface area contributed by atoms with Crippen LogP contribution in [0.25, 0.3) is 0 Å². The fraction of sp³-hybridized carbons (Fsp3) is 1.00. The molecular weight excluding hydrogens is 117 g/mol. The lowest BCUT2D eigenvalue weighted by Gasteiger charge is -2.18. The number of hydrogen-bond acceptors (Lipinski definition) is 1. The molecule has 0 aromatic rings. The van der Waals surface area contributed by atoms with E-state index in [1.165, 1.54) is 0 Å². The maximum Gasteiger partial charge on any atom is 0.120 e. The molecule has 1 saturated carbocycles. The summed E-state index contributed by atoms with van der Waals surface area (Å²) in [5.74, 6) is 0. The molecule has 0 aromatic heterocycles. The van der Waals surface area contributed by atoms with Gasteiger partial charge in [0.1, 0.15) is 6.17 Å². The van der Waals surface area contributed by atoms with E-state index in [4.69, 9.17) is 0 Å². The van der Waals surface area contributed by atoms with Crippen molar-refractivity contribution in [2.75, 3.05) is 13.6 Å². The van der Waals surface area contributed by atoms with Gasteiger partial charge in [-0.1, -0.05) is 0 Å². The van der Waals surface area contributed by atoms with Crippen molar-refractivity contribution >= 4 is 0 Å². The van der Waals surface area contributed by atoms with Crippen LogP contribution in [-0.2, 0) is 0 Å². The van der Waals surface area contributed by atoms with E-state index in [-0.39, 0.29) is 5.54 Å². The summed E-state index contributed by atoms with van der Waals surface area (Å²) < 4.78 is 13.0. The minimum atomic E-state index is -0.525. The first-order chi connectivity index (χ1) is 4.26. The van der Waals surface area contributed by atoms with Gasteiger partial charge in [0.05, 0.1) is 5.54 Å². The maximum absolute atomic E-state index is 13.0. The molecule has 52 valence electrons. The van der Waals surface area contributed by atoms with E-state index < -0.39 is 6.17 Å². The summed E-state index contributed by atoms with van der Waals surface area (Å²) in [6.45, 7) is 0.959. The third-order valence-corrected chi connectivity index (χ3v) is 2.82. The van der Waals surface area contributed by atoms with Gasteiger partial charge in [0.2, 0.25) is 0 Å². The fourth-order valence-electron chi connectivity index (χ4n) is 1.86. The van der Waals surface area contributed by atoms with Crippen LogP contribution in [-0.4, -0.2) is 30.2 Å². The van der Waals surface area contributed by atoms with Gasteiger partial charge >= 0.3 is 0 Å². The molecule has 2 rings (SSSR count). The molecule has 2 fully saturated rings. The van der Waals surface area contributed by atoms with Gasteiger partial charge in [-0.25, -0.2) is 4.39 Å². The third kappa shape index (κ3) is 0.571. The molecule has 1 aliphatic carbocycles. The molecule has 1 saturated heterocycles. The number of hydrogen-bond donors (Lipinski definition) is 0. The minimum absolute atomic E-state index is 0.0278. The van der Waals surface area contributed by atoms with Crippen LogP contribution in [0.3, 0.4) is 0 Å². The van der Waals surface area contributed by atoms with Crippen LogP contribution in [0.5, 0.6) is 0 Å². The second-order valence-corrected chi connectivity index (χ2v) is 3.28. The van der Waals surface area contributed by atoms with Crippen molar-refractivity contribution in [3.8, 4) is 0 Å². The Morgan fingerprint density at radius 3 is 2.44 bits per heavy atom. The lowest BCUT2D eigenvalue weighted by Crippen LogP contribution is -2.32. The molecule has 9 heavy (non-hydrogen) atoms. The first kappa shape index (κ1) is 5.66. The highest BCUT2D eigenvalue weighted by molar-refractivity contribution is 5.11. The van der Waals surface area contributed by atoms with Gasteiger partial charge in [-0.2, -0.15) is 0 Å². The smallest absolute Gasteiger partial charge is 0.120 e. The Balaban J connectivity index is 2.17. The van der Waals surface area contributed by atoms with Crippen molar-refractivity contribution in [2.24, 2.45) is 0 Å². The summed E-state index contributed by atoms with van der Waals surface area (Å²) in [6.07, 6.45) is 2.41. The summed E-state index contributed by atoms with van der Waals surface area (Å²) in [5, 5.41) is 0. The van der Waals surface area contributed by atoms with Crippen molar-refractivity contribution in [3.63, 3.8) is 0 Å². The molecule has 1 unspecified atom stereocenters. The molecule has 0 N–H and O–H groups in total. The monoisotopic (exact) mass is 129 g/mol. The van der Waals surface area contributed by atoms with Crippen LogP contribution in [0.2, 0.25) is 0 Å². The Hall–Kier alpha value is -0.110. The number of alkyl halides is 1. The van der Waals surface area contributed by atoms with Crippen molar-refractivity contribution in [2.45, 2.75) is 31.0 Å². The lowest BCUT2D eigenvalue weighted by atomic mass is 10.2. The Kier molecular flexibility index (Phi) is 0.933. The van der Waals surface area contributed by atoms with Gasteiger partial charge in [-0.15, -0.1) is 0 Å². The number of halogens is 1. The summed E-state index contributed by atoms with van der Waals surface area (Å²) in [7, 11) is 2.03. The van der Waals surface area contributed by atoms with E-state index in [1.807, 2.05) is 7.05 Å². The zero-order valence-electron chi connectivity index (χ0n) is 5.73. The van der Waals surface area contributed by atoms with Crippen LogP contribution in [0.1, 0.15) is 19.3 Å². The first-order valence-electron chi connectivity index (χ1n) is 3.61. The highest BCUT2D eigenvalue weighted by Gasteiger charge is 2.56. The average Bonchev–Trinajstić information content (AvgIpc) is 2.56. The summed E-state index contributed by atoms with van der Waals surface area (Å²) in [6, 6.07) is 0. The maximum atomic E-state index is 13.0. The molecule has 0 radical (unpaired) electrons. The van der Waals surface area contributed by atoms with Gasteiger partial charge in [0.15, 0.2) is 0 Å². The van der Waals surface area contributed by atoms with E-state index >= 15 is 0 Å². The number of nitrogens with zero attached hydrogens (tertiary/aromatic N) is 1. The molecule has 2 heteroatoms. The fourth-order valence-corrected chi connectivity index (χ4v) is 1.86. The van der Waals surface area contributed by atoms with Crippen LogP contribution >= 0.6 is 0 Å². The lowest BCUT2D eigenvalue weighted by molar-refractivity contribution is 0.201. The summed E-state index contributed by atoms with van der Waals surface area (Å²) in [4.78, 5) is 2.18. The number of likely N-dealkylation sites (tertiary alicyclic amines) is 1. The van der Waals surface area contributed by atoms with Gasteiger partial charge in [-0.05, 0) is 26.3 Å². The van der Waals surface area contributed by atoms with Crippen molar-refractivity contribution in [3.05, 3.63) is 0 Å². The molecule has 1 aliphatic heterocycles. The van der Waals surface area contributed by atoms with E-state index in [2.05, 4.69) is 4.90 Å². The molecule has 1 spiro atoms. The Morgan fingerprint density at radius 2 is 2.22 bits per heavy atom. The summed E-state index contributed by atoms with van der Waals surface area (Å²) >= 11 is 0. The highest BCUT2D eigenvalue weighted by Crippen LogP contribution is 2.49. The minimum Gasteiger partial charge on any atom is -0.298 e. The van der Waals surface area contributed by atoms with Crippen LogP contribution < -0.4 is 0 Å². The Morgan fingerprint density at radius 1 is 1.56 bits per heavy atom. The molecule has 1 heterocycles. The average molecular weight is 129 g/mol. The number of rotatable bonds is 0. The SMILES string of the molecule is CN1CCC(F)C12CC2. The van der Waals surface area contributed by atoms with Crippen molar-refractivity contribution in [1.29, 1.82) is 0 Å². The zero-order chi connectivity index (χ0) is 6.48. The highest BCUT2D eigenvalue weighted by atomic mass is 19.1. The Labute approximate surface area is 54.8 Å². The van der Waals surface area contributed by atoms with E-state index in [1.54, 1.807) is 0 Å². The van der Waals surface area contributed by atoms with Gasteiger partial charge in [-0.3, -0.25) is 4.90 Å². The van der Waals surface area contributed by atoms with Crippen LogP contribution in [0, 0.1) is 0 Å². The normalized spacial score (nSPS) is 40.0. The molecule has 0 bridgehead atoms. The van der Waals surface area contributed by atoms with Gasteiger partial charge < -0.3 is 0 Å². The van der Waals surface area contributed by atoms with Crippen LogP contribution in [0.4, 0.5) is 4.39 Å². The predicted octanol–water partition coefficient (Wildman–Crippen LogP) is 1.19. The zero-order valence-corrected chi connectivity index (χ0v) is 5.73. The standard InChI is InChI=1S/C7H12FN/c1-9-5-2-6(8)7(9)3-4-7/h6H,2-5H2,1H3. The van der Waals surface area contributed by atoms with E-state index in [9.17, 15) is 4.39 Å². The topological polar surface area (TPSA) is 3.24 Å². The van der Waals surface area contributed by atoms with Crippen molar-refractivity contribution < 1.29 is 4.39 Å². The molecule has 2 aliphatic rings.